The number of carbonyl (C=O) groups is 1. The molecule has 0 saturated heterocycles. The average Bonchev–Trinajstić information content (AvgIpc) is 3.15. The van der Waals surface area contributed by atoms with Crippen LogP contribution in [0.3, 0.4) is 0 Å². The maximum atomic E-state index is 12.3. The molecule has 0 aromatic carbocycles. The van der Waals surface area contributed by atoms with E-state index in [2.05, 4.69) is 27.4 Å². The Balaban J connectivity index is 1.69. The van der Waals surface area contributed by atoms with Gasteiger partial charge in [-0.3, -0.25) is 10.1 Å². The van der Waals surface area contributed by atoms with Crippen molar-refractivity contribution in [3.8, 4) is 0 Å². The zero-order valence-corrected chi connectivity index (χ0v) is 14.1. The summed E-state index contributed by atoms with van der Waals surface area (Å²) in [5, 5.41) is 12.4. The Kier molecular flexibility index (Phi) is 4.66. The van der Waals surface area contributed by atoms with Crippen LogP contribution in [-0.4, -0.2) is 25.5 Å². The summed E-state index contributed by atoms with van der Waals surface area (Å²) in [7, 11) is 0. The Morgan fingerprint density at radius 3 is 2.96 bits per heavy atom. The minimum absolute atomic E-state index is 0.260. The molecule has 0 aliphatic heterocycles. The van der Waals surface area contributed by atoms with Crippen molar-refractivity contribution in [1.82, 2.24) is 19.6 Å². The summed E-state index contributed by atoms with van der Waals surface area (Å²) in [6.07, 6.45) is 6.11. The molecule has 3 heterocycles. The number of nitrogens with zero attached hydrogens (tertiary/aromatic N) is 4. The third kappa shape index (κ3) is 3.56. The Morgan fingerprint density at radius 2 is 2.17 bits per heavy atom. The number of fused-ring (bicyclic) bond motifs is 1. The fourth-order valence-electron chi connectivity index (χ4n) is 2.35. The quantitative estimate of drug-likeness (QED) is 0.703. The molecule has 1 amide bonds. The predicted octanol–water partition coefficient (Wildman–Crippen LogP) is 3.48. The Bertz CT molecular complexity index is 823. The molecule has 0 atom stereocenters. The smallest absolute Gasteiger partial charge is 0.277 e. The van der Waals surface area contributed by atoms with Gasteiger partial charge < -0.3 is 4.40 Å². The van der Waals surface area contributed by atoms with Crippen LogP contribution in [0.4, 0.5) is 5.13 Å². The Labute approximate surface area is 138 Å². The lowest BCUT2D eigenvalue weighted by Crippen LogP contribution is -2.12. The van der Waals surface area contributed by atoms with Gasteiger partial charge in [-0.2, -0.15) is 0 Å². The second-order valence-corrected chi connectivity index (χ2v) is 6.50. The van der Waals surface area contributed by atoms with Gasteiger partial charge in [-0.15, -0.1) is 10.2 Å². The molecule has 3 aromatic heterocycles. The van der Waals surface area contributed by atoms with Crippen molar-refractivity contribution < 1.29 is 4.79 Å². The SMILES string of the molecule is CCCCCc1nnc(NC(=O)c2cn3c(C)cccc3n2)s1. The summed E-state index contributed by atoms with van der Waals surface area (Å²) in [5.41, 5.74) is 2.16. The fourth-order valence-corrected chi connectivity index (χ4v) is 3.13. The molecule has 0 unspecified atom stereocenters. The van der Waals surface area contributed by atoms with Gasteiger partial charge in [0, 0.05) is 18.3 Å². The topological polar surface area (TPSA) is 72.2 Å². The molecule has 1 N–H and O–H groups in total. The number of anilines is 1. The monoisotopic (exact) mass is 329 g/mol. The number of aryl methyl sites for hydroxylation is 2. The van der Waals surface area contributed by atoms with Gasteiger partial charge in [0.15, 0.2) is 0 Å². The number of imidazole rings is 1. The lowest BCUT2D eigenvalue weighted by Gasteiger charge is -1.96. The molecule has 0 aliphatic carbocycles. The van der Waals surface area contributed by atoms with Crippen LogP contribution < -0.4 is 5.32 Å². The molecule has 7 heteroatoms. The van der Waals surface area contributed by atoms with Crippen LogP contribution in [0.2, 0.25) is 0 Å². The fraction of sp³-hybridized carbons (Fsp3) is 0.375. The molecule has 3 rings (SSSR count). The number of hydrogen-bond acceptors (Lipinski definition) is 5. The third-order valence-electron chi connectivity index (χ3n) is 3.61. The number of hydrogen-bond donors (Lipinski definition) is 1. The van der Waals surface area contributed by atoms with Gasteiger partial charge >= 0.3 is 0 Å². The number of pyridine rings is 1. The predicted molar refractivity (Wildman–Crippen MR) is 91.0 cm³/mol. The highest BCUT2D eigenvalue weighted by molar-refractivity contribution is 7.15. The molecular formula is C16H19N5OS. The second kappa shape index (κ2) is 6.87. The normalized spacial score (nSPS) is 11.0. The van der Waals surface area contributed by atoms with Crippen LogP contribution in [0.1, 0.15) is 47.4 Å². The summed E-state index contributed by atoms with van der Waals surface area (Å²) in [4.78, 5) is 16.7. The lowest BCUT2D eigenvalue weighted by atomic mass is 10.2. The van der Waals surface area contributed by atoms with Gasteiger partial charge in [-0.05, 0) is 25.5 Å². The van der Waals surface area contributed by atoms with Crippen molar-refractivity contribution in [2.45, 2.75) is 39.5 Å². The molecule has 23 heavy (non-hydrogen) atoms. The van der Waals surface area contributed by atoms with Crippen molar-refractivity contribution in [2.24, 2.45) is 0 Å². The first-order chi connectivity index (χ1) is 11.2. The van der Waals surface area contributed by atoms with E-state index in [1.165, 1.54) is 24.2 Å². The van der Waals surface area contributed by atoms with Crippen molar-refractivity contribution in [3.05, 3.63) is 40.8 Å². The molecule has 120 valence electrons. The first-order valence-electron chi connectivity index (χ1n) is 7.76. The maximum Gasteiger partial charge on any atom is 0.277 e. The summed E-state index contributed by atoms with van der Waals surface area (Å²) in [6, 6.07) is 5.77. The number of rotatable bonds is 6. The summed E-state index contributed by atoms with van der Waals surface area (Å²) >= 11 is 1.43. The van der Waals surface area contributed by atoms with E-state index in [0.717, 1.165) is 29.2 Å². The number of nitrogens with one attached hydrogen (secondary N) is 1. The minimum Gasteiger partial charge on any atom is -0.304 e. The minimum atomic E-state index is -0.260. The molecule has 0 bridgehead atoms. The van der Waals surface area contributed by atoms with E-state index in [1.54, 1.807) is 6.20 Å². The van der Waals surface area contributed by atoms with Crippen LogP contribution >= 0.6 is 11.3 Å². The summed E-state index contributed by atoms with van der Waals surface area (Å²) in [5.74, 6) is -0.260. The number of amides is 1. The number of aromatic nitrogens is 4. The Hall–Kier alpha value is -2.28. The molecule has 0 radical (unpaired) electrons. The lowest BCUT2D eigenvalue weighted by molar-refractivity contribution is 0.102. The van der Waals surface area contributed by atoms with Crippen LogP contribution in [-0.2, 0) is 6.42 Å². The zero-order valence-electron chi connectivity index (χ0n) is 13.2. The number of carbonyl (C=O) groups excluding carboxylic acids is 1. The van der Waals surface area contributed by atoms with Gasteiger partial charge in [0.1, 0.15) is 16.3 Å². The summed E-state index contributed by atoms with van der Waals surface area (Å²) < 4.78 is 1.89. The zero-order chi connectivity index (χ0) is 16.2. The Morgan fingerprint density at radius 1 is 1.30 bits per heavy atom. The first-order valence-corrected chi connectivity index (χ1v) is 8.57. The number of unbranched alkanes of at least 4 members (excludes halogenated alkanes) is 2. The van der Waals surface area contributed by atoms with Crippen LogP contribution in [0, 0.1) is 6.92 Å². The van der Waals surface area contributed by atoms with E-state index in [4.69, 9.17) is 0 Å². The van der Waals surface area contributed by atoms with E-state index in [0.29, 0.717) is 10.8 Å². The summed E-state index contributed by atoms with van der Waals surface area (Å²) in [6.45, 7) is 4.14. The van der Waals surface area contributed by atoms with Crippen molar-refractivity contribution in [2.75, 3.05) is 5.32 Å². The second-order valence-electron chi connectivity index (χ2n) is 5.43. The highest BCUT2D eigenvalue weighted by Crippen LogP contribution is 2.18. The van der Waals surface area contributed by atoms with E-state index in [1.807, 2.05) is 29.5 Å². The molecular weight excluding hydrogens is 310 g/mol. The molecule has 6 nitrogen and oxygen atoms in total. The molecule has 0 aliphatic rings. The van der Waals surface area contributed by atoms with Crippen molar-refractivity contribution in [3.63, 3.8) is 0 Å². The largest absolute Gasteiger partial charge is 0.304 e. The average molecular weight is 329 g/mol. The van der Waals surface area contributed by atoms with E-state index >= 15 is 0 Å². The molecule has 0 spiro atoms. The highest BCUT2D eigenvalue weighted by Gasteiger charge is 2.14. The van der Waals surface area contributed by atoms with Crippen LogP contribution in [0.5, 0.6) is 0 Å². The maximum absolute atomic E-state index is 12.3. The van der Waals surface area contributed by atoms with Gasteiger partial charge in [-0.25, -0.2) is 4.98 Å². The van der Waals surface area contributed by atoms with Gasteiger partial charge in [0.2, 0.25) is 5.13 Å². The van der Waals surface area contributed by atoms with Gasteiger partial charge in [0.25, 0.3) is 5.91 Å². The third-order valence-corrected chi connectivity index (χ3v) is 4.51. The van der Waals surface area contributed by atoms with Crippen LogP contribution in [0.15, 0.2) is 24.4 Å². The van der Waals surface area contributed by atoms with Crippen molar-refractivity contribution >= 4 is 28.0 Å². The van der Waals surface area contributed by atoms with Gasteiger partial charge in [0.05, 0.1) is 0 Å². The van der Waals surface area contributed by atoms with Crippen LogP contribution in [0.25, 0.3) is 5.65 Å². The van der Waals surface area contributed by atoms with E-state index in [9.17, 15) is 4.79 Å². The molecule has 0 saturated carbocycles. The van der Waals surface area contributed by atoms with Crippen molar-refractivity contribution in [1.29, 1.82) is 0 Å². The van der Waals surface area contributed by atoms with Gasteiger partial charge in [-0.1, -0.05) is 37.2 Å². The highest BCUT2D eigenvalue weighted by atomic mass is 32.1. The molecule has 0 fully saturated rings. The van der Waals surface area contributed by atoms with E-state index in [-0.39, 0.29) is 5.91 Å². The van der Waals surface area contributed by atoms with E-state index < -0.39 is 0 Å². The standard InChI is InChI=1S/C16H19N5OS/c1-3-4-5-9-14-19-20-16(23-14)18-15(22)12-10-21-11(2)7-6-8-13(21)17-12/h6-8,10H,3-5,9H2,1-2H3,(H,18,20,22). The first kappa shape index (κ1) is 15.6. The molecule has 3 aromatic rings.